The highest BCUT2D eigenvalue weighted by Gasteiger charge is 2.22. The zero-order chi connectivity index (χ0) is 12.4. The normalized spacial score (nSPS) is 28.9. The minimum atomic E-state index is 0.829. The molecule has 0 bridgehead atoms. The lowest BCUT2D eigenvalue weighted by Gasteiger charge is -2.30. The van der Waals surface area contributed by atoms with Gasteiger partial charge in [0.25, 0.3) is 0 Å². The summed E-state index contributed by atoms with van der Waals surface area (Å²) in [4.78, 5) is 0. The molecule has 0 radical (unpaired) electrons. The van der Waals surface area contributed by atoms with E-state index >= 15 is 0 Å². The van der Waals surface area contributed by atoms with Gasteiger partial charge in [0.1, 0.15) is 0 Å². The summed E-state index contributed by atoms with van der Waals surface area (Å²) in [6.07, 6.45) is 6.84. The molecule has 18 heavy (non-hydrogen) atoms. The molecule has 1 aromatic rings. The van der Waals surface area contributed by atoms with Crippen molar-refractivity contribution in [3.63, 3.8) is 0 Å². The highest BCUT2D eigenvalue weighted by atomic mass is 14.9. The van der Waals surface area contributed by atoms with Crippen LogP contribution in [0.2, 0.25) is 0 Å². The first-order valence-corrected chi connectivity index (χ1v) is 7.62. The van der Waals surface area contributed by atoms with Crippen molar-refractivity contribution in [3.05, 3.63) is 35.4 Å². The van der Waals surface area contributed by atoms with Gasteiger partial charge in [0.2, 0.25) is 0 Å². The molecule has 1 heteroatoms. The zero-order valence-electron chi connectivity index (χ0n) is 11.5. The number of nitrogens with one attached hydrogen (secondary N) is 1. The summed E-state index contributed by atoms with van der Waals surface area (Å²) in [5, 5.41) is 3.55. The average Bonchev–Trinajstić information content (AvgIpc) is 2.31. The molecule has 0 aromatic heterocycles. The van der Waals surface area contributed by atoms with E-state index in [-0.39, 0.29) is 0 Å². The van der Waals surface area contributed by atoms with Crippen molar-refractivity contribution in [3.8, 4) is 0 Å². The Balaban J connectivity index is 1.67. The van der Waals surface area contributed by atoms with Crippen molar-refractivity contribution in [2.24, 2.45) is 11.8 Å². The average molecular weight is 243 g/mol. The van der Waals surface area contributed by atoms with Crippen LogP contribution in [0.25, 0.3) is 0 Å². The van der Waals surface area contributed by atoms with Crippen LogP contribution in [-0.2, 0) is 6.42 Å². The van der Waals surface area contributed by atoms with Gasteiger partial charge < -0.3 is 5.32 Å². The van der Waals surface area contributed by atoms with Gasteiger partial charge in [0.15, 0.2) is 0 Å². The fraction of sp³-hybridized carbons (Fsp3) is 0.647. The quantitative estimate of drug-likeness (QED) is 0.852. The molecular formula is C17H25N. The second kappa shape index (κ2) is 5.44. The topological polar surface area (TPSA) is 12.0 Å². The van der Waals surface area contributed by atoms with E-state index in [0.29, 0.717) is 0 Å². The van der Waals surface area contributed by atoms with E-state index in [1.54, 1.807) is 11.1 Å². The number of piperidine rings is 1. The summed E-state index contributed by atoms with van der Waals surface area (Å²) in [7, 11) is 0. The second-order valence-electron chi connectivity index (χ2n) is 6.31. The molecule has 1 heterocycles. The van der Waals surface area contributed by atoms with Gasteiger partial charge >= 0.3 is 0 Å². The van der Waals surface area contributed by atoms with Crippen LogP contribution < -0.4 is 5.32 Å². The van der Waals surface area contributed by atoms with E-state index in [4.69, 9.17) is 0 Å². The highest BCUT2D eigenvalue weighted by Crippen LogP contribution is 2.36. The van der Waals surface area contributed by atoms with Crippen LogP contribution in [0.1, 0.15) is 49.7 Å². The van der Waals surface area contributed by atoms with E-state index in [1.807, 2.05) is 0 Å². The van der Waals surface area contributed by atoms with Gasteiger partial charge in [-0.15, -0.1) is 0 Å². The Labute approximate surface area is 111 Å². The first-order chi connectivity index (χ1) is 8.83. The van der Waals surface area contributed by atoms with Crippen LogP contribution in [0.5, 0.6) is 0 Å². The molecule has 1 aliphatic heterocycles. The Morgan fingerprint density at radius 3 is 2.83 bits per heavy atom. The van der Waals surface area contributed by atoms with Gasteiger partial charge in [-0.1, -0.05) is 37.6 Å². The number of hydrogen-bond donors (Lipinski definition) is 1. The molecule has 0 amide bonds. The van der Waals surface area contributed by atoms with Crippen molar-refractivity contribution in [2.75, 3.05) is 13.1 Å². The van der Waals surface area contributed by atoms with E-state index in [0.717, 1.165) is 17.8 Å². The molecule has 2 aliphatic rings. The lowest BCUT2D eigenvalue weighted by molar-refractivity contribution is 0.272. The van der Waals surface area contributed by atoms with Crippen molar-refractivity contribution in [1.82, 2.24) is 5.32 Å². The molecule has 1 nitrogen and oxygen atoms in total. The Kier molecular flexibility index (Phi) is 3.69. The molecule has 2 fully saturated rings. The Morgan fingerprint density at radius 2 is 2.11 bits per heavy atom. The van der Waals surface area contributed by atoms with Crippen molar-refractivity contribution in [2.45, 2.75) is 44.9 Å². The Hall–Kier alpha value is -0.820. The molecule has 2 atom stereocenters. The van der Waals surface area contributed by atoms with E-state index in [1.165, 1.54) is 45.2 Å². The van der Waals surface area contributed by atoms with Gasteiger partial charge in [0.05, 0.1) is 0 Å². The van der Waals surface area contributed by atoms with Crippen LogP contribution in [0.15, 0.2) is 24.3 Å². The largest absolute Gasteiger partial charge is 0.316 e. The molecule has 1 aliphatic carbocycles. The fourth-order valence-corrected chi connectivity index (χ4v) is 3.35. The number of rotatable bonds is 3. The lowest BCUT2D eigenvalue weighted by atomic mass is 9.78. The summed E-state index contributed by atoms with van der Waals surface area (Å²) in [6.45, 7) is 4.83. The Bertz CT molecular complexity index is 394. The van der Waals surface area contributed by atoms with Crippen LogP contribution >= 0.6 is 0 Å². The summed E-state index contributed by atoms with van der Waals surface area (Å²) in [5.41, 5.74) is 3.15. The van der Waals surface area contributed by atoms with Crippen molar-refractivity contribution in [1.29, 1.82) is 0 Å². The summed E-state index contributed by atoms with van der Waals surface area (Å²) in [6, 6.07) is 9.40. The van der Waals surface area contributed by atoms with Crippen LogP contribution in [0, 0.1) is 11.8 Å². The Morgan fingerprint density at radius 1 is 1.22 bits per heavy atom. The van der Waals surface area contributed by atoms with Gasteiger partial charge in [-0.05, 0) is 67.7 Å². The molecule has 2 unspecified atom stereocenters. The smallest absolute Gasteiger partial charge is 0.00148 e. The minimum absolute atomic E-state index is 0.829. The molecular weight excluding hydrogens is 218 g/mol. The number of hydrogen-bond acceptors (Lipinski definition) is 1. The first-order valence-electron chi connectivity index (χ1n) is 7.62. The fourth-order valence-electron chi connectivity index (χ4n) is 3.35. The molecule has 1 saturated carbocycles. The monoisotopic (exact) mass is 243 g/mol. The van der Waals surface area contributed by atoms with E-state index in [2.05, 4.69) is 36.5 Å². The predicted octanol–water partition coefficient (Wildman–Crippen LogP) is 3.74. The summed E-state index contributed by atoms with van der Waals surface area (Å²) in [5.74, 6) is 2.57. The van der Waals surface area contributed by atoms with Crippen molar-refractivity contribution >= 4 is 0 Å². The van der Waals surface area contributed by atoms with Crippen LogP contribution in [-0.4, -0.2) is 13.1 Å². The molecule has 0 spiro atoms. The van der Waals surface area contributed by atoms with E-state index < -0.39 is 0 Å². The number of benzene rings is 1. The van der Waals surface area contributed by atoms with Gasteiger partial charge in [-0.25, -0.2) is 0 Å². The van der Waals surface area contributed by atoms with Gasteiger partial charge in [-0.3, -0.25) is 0 Å². The lowest BCUT2D eigenvalue weighted by Crippen LogP contribution is -2.36. The van der Waals surface area contributed by atoms with Gasteiger partial charge in [-0.2, -0.15) is 0 Å². The van der Waals surface area contributed by atoms with Crippen molar-refractivity contribution < 1.29 is 0 Å². The van der Waals surface area contributed by atoms with E-state index in [9.17, 15) is 0 Å². The molecule has 1 N–H and O–H groups in total. The van der Waals surface area contributed by atoms with Crippen LogP contribution in [0.4, 0.5) is 0 Å². The molecule has 3 rings (SSSR count). The maximum Gasteiger partial charge on any atom is -0.00148 e. The third kappa shape index (κ3) is 2.61. The van der Waals surface area contributed by atoms with Crippen LogP contribution in [0.3, 0.4) is 0 Å². The molecule has 1 saturated heterocycles. The zero-order valence-corrected chi connectivity index (χ0v) is 11.5. The molecule has 98 valence electrons. The third-order valence-electron chi connectivity index (χ3n) is 5.01. The van der Waals surface area contributed by atoms with Gasteiger partial charge in [0, 0.05) is 0 Å². The summed E-state index contributed by atoms with van der Waals surface area (Å²) >= 11 is 0. The maximum atomic E-state index is 3.55. The first kappa shape index (κ1) is 12.2. The third-order valence-corrected chi connectivity index (χ3v) is 5.01. The minimum Gasteiger partial charge on any atom is -0.316 e. The molecule has 1 aromatic carbocycles. The standard InChI is InChI=1S/C17H25N/c1-13-8-9-18-12-17(13)11-14-4-2-7-16(10-14)15-5-3-6-15/h2,4,7,10,13,15,17-18H,3,5-6,8-9,11-12H2,1H3. The highest BCUT2D eigenvalue weighted by molar-refractivity contribution is 5.28. The predicted molar refractivity (Wildman–Crippen MR) is 76.9 cm³/mol. The summed E-state index contributed by atoms with van der Waals surface area (Å²) < 4.78 is 0. The second-order valence-corrected chi connectivity index (χ2v) is 6.31. The SMILES string of the molecule is CC1CCNCC1Cc1cccc(C2CCC2)c1. The maximum absolute atomic E-state index is 3.55.